The zero-order valence-corrected chi connectivity index (χ0v) is 59.3. The number of halogens is 4. The number of hydrogen-bond donors (Lipinski definition) is 4. The molecule has 0 aliphatic rings. The lowest BCUT2D eigenvalue weighted by Crippen LogP contribution is -2.29. The van der Waals surface area contributed by atoms with Gasteiger partial charge in [-0.05, 0) is 87.6 Å². The third kappa shape index (κ3) is 18.4. The number of amides is 4. The molecule has 12 rings (SSSR count). The summed E-state index contributed by atoms with van der Waals surface area (Å²) in [7, 11) is 3.73. The number of nitrogens with one attached hydrogen (secondary N) is 4. The molecule has 0 fully saturated rings. The van der Waals surface area contributed by atoms with Crippen LogP contribution >= 0.6 is 0 Å². The van der Waals surface area contributed by atoms with Gasteiger partial charge in [-0.25, -0.2) is 64.9 Å². The lowest BCUT2D eigenvalue weighted by molar-refractivity contribution is 0.0402. The van der Waals surface area contributed by atoms with E-state index in [2.05, 4.69) is 41.9 Å². The van der Waals surface area contributed by atoms with Crippen molar-refractivity contribution in [3.05, 3.63) is 271 Å². The number of aromatic nitrogens is 12. The molecule has 0 atom stereocenters. The van der Waals surface area contributed by atoms with Crippen LogP contribution in [0.25, 0.3) is 34.1 Å². The maximum atomic E-state index is 15.2. The molecule has 0 saturated heterocycles. The van der Waals surface area contributed by atoms with Gasteiger partial charge >= 0.3 is 24.0 Å². The monoisotopic (exact) mass is 1480 g/mol. The van der Waals surface area contributed by atoms with Crippen LogP contribution in [-0.4, -0.2) is 145 Å². The Hall–Kier alpha value is -12.5. The fourth-order valence-electron chi connectivity index (χ4n) is 12.1. The van der Waals surface area contributed by atoms with E-state index in [0.717, 1.165) is 35.4 Å². The molecule has 108 heavy (non-hydrogen) atoms. The van der Waals surface area contributed by atoms with Crippen LogP contribution in [0.2, 0.25) is 0 Å². The van der Waals surface area contributed by atoms with Crippen LogP contribution in [0, 0.1) is 23.3 Å². The zero-order chi connectivity index (χ0) is 75.8. The van der Waals surface area contributed by atoms with E-state index < -0.39 is 71.5 Å². The van der Waals surface area contributed by atoms with Gasteiger partial charge in [-0.1, -0.05) is 107 Å². The van der Waals surface area contributed by atoms with Crippen molar-refractivity contribution in [1.29, 1.82) is 0 Å². The van der Waals surface area contributed by atoms with Crippen molar-refractivity contribution in [2.24, 2.45) is 0 Å². The van der Waals surface area contributed by atoms with Gasteiger partial charge in [0.15, 0.2) is 0 Å². The van der Waals surface area contributed by atoms with Crippen LogP contribution in [0.1, 0.15) is 79.6 Å². The number of urea groups is 2. The lowest BCUT2D eigenvalue weighted by atomic mass is 10.1. The van der Waals surface area contributed by atoms with E-state index in [1.165, 1.54) is 42.5 Å². The highest BCUT2D eigenvalue weighted by Crippen LogP contribution is 2.31. The third-order valence-electron chi connectivity index (χ3n) is 17.2. The number of imidazole rings is 2. The molecule has 6 aromatic carbocycles. The van der Waals surface area contributed by atoms with Crippen LogP contribution in [0.15, 0.2) is 180 Å². The van der Waals surface area contributed by atoms with Gasteiger partial charge in [-0.2, -0.15) is 0 Å². The number of benzene rings is 6. The van der Waals surface area contributed by atoms with Crippen LogP contribution in [-0.2, 0) is 84.4 Å². The molecule has 4 amide bonds. The molecule has 6 aromatic heterocycles. The Morgan fingerprint density at radius 2 is 0.843 bits per heavy atom. The lowest BCUT2D eigenvalue weighted by Gasteiger charge is -2.18. The van der Waals surface area contributed by atoms with Crippen LogP contribution in [0.4, 0.5) is 38.5 Å². The molecule has 28 nitrogen and oxygen atoms in total. The minimum Gasteiger partial charge on any atom is -0.462 e. The maximum absolute atomic E-state index is 15.2. The van der Waals surface area contributed by atoms with Crippen molar-refractivity contribution in [2.45, 2.75) is 79.3 Å². The first-order valence-electron chi connectivity index (χ1n) is 34.6. The fourth-order valence-corrected chi connectivity index (χ4v) is 12.1. The van der Waals surface area contributed by atoms with Gasteiger partial charge in [0.2, 0.25) is 11.6 Å². The number of esters is 2. The predicted octanol–water partition coefficient (Wildman–Crippen LogP) is 9.47. The van der Waals surface area contributed by atoms with Gasteiger partial charge in [-0.3, -0.25) is 19.4 Å². The van der Waals surface area contributed by atoms with Gasteiger partial charge in [0, 0.05) is 72.2 Å². The summed E-state index contributed by atoms with van der Waals surface area (Å²) in [5.74, 6) is -5.05. The predicted molar refractivity (Wildman–Crippen MR) is 389 cm³/mol. The first kappa shape index (κ1) is 75.2. The molecule has 0 aliphatic carbocycles. The van der Waals surface area contributed by atoms with Crippen molar-refractivity contribution in [2.75, 3.05) is 64.4 Å². The Bertz CT molecular complexity index is 4930. The molecule has 558 valence electrons. The number of rotatable bonds is 33. The number of fused-ring (bicyclic) bond motifs is 2. The Morgan fingerprint density at radius 3 is 1.21 bits per heavy atom. The SMILES string of the molecule is CCOC(=O)c1cn(Cc2c(F)cccc2F)c2nc(-c3ccc(NC(=O)NCc4cn(CCOCCOCCn5cc(CNC(=O)Nc6ccc(-c7nc8n(Cc9c(F)cccc9F)cc(C(=O)OCC)c(=O)n8c7CN(C)Cc7ccccc7)cc6)nn5)nn4)cc3)c(CN(C)Cc3ccccc3)n2c1=O. The molecular weight excluding hydrogens is 1400 g/mol. The Labute approximate surface area is 615 Å². The molecular formula is C76H76F4N18O10. The van der Waals surface area contributed by atoms with Crippen LogP contribution in [0.5, 0.6) is 0 Å². The van der Waals surface area contributed by atoms with Gasteiger partial charge < -0.3 is 49.3 Å². The summed E-state index contributed by atoms with van der Waals surface area (Å²) in [6.07, 6.45) is 5.78. The first-order chi connectivity index (χ1) is 52.4. The number of carbonyl (C=O) groups excluding carboxylic acids is 4. The Balaban J connectivity index is 0.591. The van der Waals surface area contributed by atoms with Crippen molar-refractivity contribution in [3.8, 4) is 22.5 Å². The van der Waals surface area contributed by atoms with Crippen molar-refractivity contribution < 1.29 is 55.7 Å². The molecule has 0 spiro atoms. The van der Waals surface area contributed by atoms with E-state index in [1.807, 2.05) is 84.6 Å². The molecule has 0 unspecified atom stereocenters. The molecule has 0 radical (unpaired) electrons. The Morgan fingerprint density at radius 1 is 0.463 bits per heavy atom. The van der Waals surface area contributed by atoms with Crippen molar-refractivity contribution in [1.82, 2.24) is 78.3 Å². The normalized spacial score (nSPS) is 11.5. The smallest absolute Gasteiger partial charge is 0.345 e. The second-order valence-electron chi connectivity index (χ2n) is 25.1. The summed E-state index contributed by atoms with van der Waals surface area (Å²) in [6.45, 7) is 5.59. The van der Waals surface area contributed by atoms with Crippen LogP contribution in [0.3, 0.4) is 0 Å². The number of anilines is 2. The summed E-state index contributed by atoms with van der Waals surface area (Å²) in [5, 5.41) is 27.8. The van der Waals surface area contributed by atoms with E-state index in [0.29, 0.717) is 96.1 Å². The Kier molecular flexibility index (Phi) is 24.4. The second-order valence-corrected chi connectivity index (χ2v) is 25.1. The number of hydrogen-bond acceptors (Lipinski definition) is 18. The zero-order valence-electron chi connectivity index (χ0n) is 59.3. The number of ether oxygens (including phenoxy) is 4. The van der Waals surface area contributed by atoms with Gasteiger partial charge in [0.25, 0.3) is 11.1 Å². The minimum absolute atomic E-state index is 0.0249. The van der Waals surface area contributed by atoms with Crippen molar-refractivity contribution >= 4 is 46.9 Å². The molecule has 0 saturated carbocycles. The molecule has 0 aliphatic heterocycles. The van der Waals surface area contributed by atoms with E-state index in [-0.39, 0.29) is 86.4 Å². The highest BCUT2D eigenvalue weighted by molar-refractivity contribution is 5.91. The summed E-state index contributed by atoms with van der Waals surface area (Å²) < 4.78 is 91.1. The second kappa shape index (κ2) is 35.0. The molecule has 32 heteroatoms. The molecule has 4 N–H and O–H groups in total. The average Bonchev–Trinajstić information content (AvgIpc) is 1.58. The first-order valence-corrected chi connectivity index (χ1v) is 34.6. The fraction of sp³-hybridized carbons (Fsp3) is 0.263. The topological polar surface area (TPSA) is 300 Å². The van der Waals surface area contributed by atoms with E-state index in [1.54, 1.807) is 84.1 Å². The number of carbonyl (C=O) groups is 4. The minimum atomic E-state index is -0.910. The molecule has 6 heterocycles. The van der Waals surface area contributed by atoms with Gasteiger partial charge in [-0.15, -0.1) is 10.2 Å². The molecule has 0 bridgehead atoms. The summed E-state index contributed by atoms with van der Waals surface area (Å²) in [6, 6.07) is 38.7. The highest BCUT2D eigenvalue weighted by Gasteiger charge is 2.29. The third-order valence-corrected chi connectivity index (χ3v) is 17.2. The van der Waals surface area contributed by atoms with Gasteiger partial charge in [0.1, 0.15) is 45.8 Å². The van der Waals surface area contributed by atoms with E-state index >= 15 is 17.6 Å². The standard InChI is InChI=1S/C76H76F4N18O10/c1-5-107-71(101)59-45-93(43-57-61(77)19-13-20-62(57)78)75-85-67(65(97(75)69(59)99)47-91(3)39-49-15-9-7-10-16-49)51-23-27-53(28-24-51)83-73(103)81-37-55-41-95(89-87-55)31-33-105-35-36-106-34-32-96-42-56(88-90-96)38-82-74(104)84-54-29-25-52(26-30-54)68-66(48-92(4)40-50-17-11-8-12-18-50)98-70(100)60(72(102)108-6-2)46-94(76(98)86-68)44-58-63(79)21-14-22-64(58)80/h7-30,41-42,45-46H,5-6,31-40,43-44,47-48H2,1-4H3,(H2,81,83,103)(H2,82,84,104). The van der Waals surface area contributed by atoms with E-state index in [4.69, 9.17) is 28.9 Å². The average molecular weight is 1480 g/mol. The van der Waals surface area contributed by atoms with Crippen LogP contribution < -0.4 is 32.4 Å². The molecule has 12 aromatic rings. The quantitative estimate of drug-likeness (QED) is 0.0169. The van der Waals surface area contributed by atoms with Gasteiger partial charge in [0.05, 0.1) is 114 Å². The van der Waals surface area contributed by atoms with E-state index in [9.17, 15) is 28.8 Å². The summed E-state index contributed by atoms with van der Waals surface area (Å²) in [5.41, 5.74) is 3.63. The number of nitrogens with zero attached hydrogens (tertiary/aromatic N) is 14. The summed E-state index contributed by atoms with van der Waals surface area (Å²) in [4.78, 5) is 95.4. The highest BCUT2D eigenvalue weighted by atomic mass is 19.1. The van der Waals surface area contributed by atoms with Crippen molar-refractivity contribution in [3.63, 3.8) is 0 Å². The maximum Gasteiger partial charge on any atom is 0.345 e. The largest absolute Gasteiger partial charge is 0.462 e. The summed E-state index contributed by atoms with van der Waals surface area (Å²) >= 11 is 0.